The van der Waals surface area contributed by atoms with E-state index in [4.69, 9.17) is 9.47 Å². The molecule has 0 aromatic heterocycles. The lowest BCUT2D eigenvalue weighted by molar-refractivity contribution is 0.0687. The summed E-state index contributed by atoms with van der Waals surface area (Å²) in [4.78, 5) is 15.0. The average Bonchev–Trinajstić information content (AvgIpc) is 2.48. The van der Waals surface area contributed by atoms with Crippen LogP contribution < -0.4 is 9.47 Å². The zero-order chi connectivity index (χ0) is 14.7. The second kappa shape index (κ2) is 6.48. The van der Waals surface area contributed by atoms with E-state index < -0.39 is 0 Å². The lowest BCUT2D eigenvalue weighted by Crippen LogP contribution is -2.43. The molecule has 1 aromatic rings. The highest BCUT2D eigenvalue weighted by molar-refractivity contribution is 9.09. The molecule has 2 rings (SSSR count). The number of rotatable bonds is 3. The van der Waals surface area contributed by atoms with Crippen molar-refractivity contribution in [2.45, 2.75) is 18.2 Å². The quantitative estimate of drug-likeness (QED) is 0.793. The molecule has 0 N–H and O–H groups in total. The van der Waals surface area contributed by atoms with Crippen LogP contribution >= 0.6 is 15.9 Å². The third-order valence-corrected chi connectivity index (χ3v) is 5.09. The van der Waals surface area contributed by atoms with Crippen molar-refractivity contribution in [2.75, 3.05) is 27.3 Å². The Hall–Kier alpha value is -1.23. The van der Waals surface area contributed by atoms with Gasteiger partial charge in [0.15, 0.2) is 0 Å². The molecule has 1 aliphatic heterocycles. The van der Waals surface area contributed by atoms with Crippen LogP contribution in [0.5, 0.6) is 11.5 Å². The summed E-state index contributed by atoms with van der Waals surface area (Å²) in [6.07, 6.45) is 0.978. The van der Waals surface area contributed by atoms with E-state index >= 15 is 0 Å². The van der Waals surface area contributed by atoms with E-state index in [0.29, 0.717) is 27.8 Å². The van der Waals surface area contributed by atoms with E-state index in [9.17, 15) is 4.79 Å². The maximum Gasteiger partial charge on any atom is 0.257 e. The van der Waals surface area contributed by atoms with Crippen molar-refractivity contribution < 1.29 is 14.3 Å². The summed E-state index contributed by atoms with van der Waals surface area (Å²) < 4.78 is 10.5. The Morgan fingerprint density at radius 3 is 2.70 bits per heavy atom. The first-order chi connectivity index (χ1) is 9.56. The lowest BCUT2D eigenvalue weighted by Gasteiger charge is -2.34. The van der Waals surface area contributed by atoms with Crippen LogP contribution in [-0.2, 0) is 0 Å². The molecular formula is C15H20BrNO3. The summed E-state index contributed by atoms with van der Waals surface area (Å²) in [5.74, 6) is 1.72. The number of benzene rings is 1. The Labute approximate surface area is 128 Å². The van der Waals surface area contributed by atoms with Crippen LogP contribution in [0.3, 0.4) is 0 Å². The van der Waals surface area contributed by atoms with Crippen molar-refractivity contribution in [3.05, 3.63) is 23.8 Å². The van der Waals surface area contributed by atoms with E-state index in [0.717, 1.165) is 19.5 Å². The predicted molar refractivity (Wildman–Crippen MR) is 81.9 cm³/mol. The Kier molecular flexibility index (Phi) is 4.91. The summed E-state index contributed by atoms with van der Waals surface area (Å²) in [5.41, 5.74) is 0.591. The van der Waals surface area contributed by atoms with Gasteiger partial charge >= 0.3 is 0 Å². The number of amides is 1. The number of nitrogens with zero attached hydrogens (tertiary/aromatic N) is 1. The summed E-state index contributed by atoms with van der Waals surface area (Å²) in [7, 11) is 3.16. The minimum absolute atomic E-state index is 0.0238. The molecule has 0 aliphatic carbocycles. The van der Waals surface area contributed by atoms with Crippen molar-refractivity contribution in [1.29, 1.82) is 0 Å². The number of carbonyl (C=O) groups is 1. The van der Waals surface area contributed by atoms with Crippen LogP contribution in [0.1, 0.15) is 23.7 Å². The van der Waals surface area contributed by atoms with Crippen LogP contribution in [0.25, 0.3) is 0 Å². The molecule has 20 heavy (non-hydrogen) atoms. The number of methoxy groups -OCH3 is 2. The zero-order valence-corrected chi connectivity index (χ0v) is 13.6. The summed E-state index contributed by atoms with van der Waals surface area (Å²) in [6, 6.07) is 5.30. The summed E-state index contributed by atoms with van der Waals surface area (Å²) in [5, 5.41) is 0. The molecule has 1 amide bonds. The smallest absolute Gasteiger partial charge is 0.257 e. The van der Waals surface area contributed by atoms with E-state index in [1.807, 2.05) is 4.90 Å². The number of piperidine rings is 1. The fourth-order valence-corrected chi connectivity index (χ4v) is 2.82. The Bertz CT molecular complexity index is 492. The number of ether oxygens (including phenoxy) is 2. The molecule has 2 unspecified atom stereocenters. The molecule has 1 heterocycles. The second-order valence-electron chi connectivity index (χ2n) is 5.10. The monoisotopic (exact) mass is 341 g/mol. The molecule has 1 fully saturated rings. The van der Waals surface area contributed by atoms with E-state index in [1.165, 1.54) is 0 Å². The van der Waals surface area contributed by atoms with Gasteiger partial charge in [-0.3, -0.25) is 4.79 Å². The van der Waals surface area contributed by atoms with Gasteiger partial charge in [0.1, 0.15) is 11.5 Å². The van der Waals surface area contributed by atoms with Gasteiger partial charge in [-0.2, -0.15) is 0 Å². The molecule has 1 aliphatic rings. The SMILES string of the molecule is COc1ccc(C(=O)N2CCC(Br)C(C)C2)c(OC)c1. The molecular weight excluding hydrogens is 322 g/mol. The van der Waals surface area contributed by atoms with Gasteiger partial charge in [0.05, 0.1) is 19.8 Å². The van der Waals surface area contributed by atoms with E-state index in [1.54, 1.807) is 32.4 Å². The summed E-state index contributed by atoms with van der Waals surface area (Å²) >= 11 is 3.65. The number of carbonyl (C=O) groups excluding carboxylic acids is 1. The van der Waals surface area contributed by atoms with Crippen molar-refractivity contribution in [3.8, 4) is 11.5 Å². The Morgan fingerprint density at radius 1 is 1.35 bits per heavy atom. The minimum Gasteiger partial charge on any atom is -0.497 e. The highest BCUT2D eigenvalue weighted by atomic mass is 79.9. The summed E-state index contributed by atoms with van der Waals surface area (Å²) in [6.45, 7) is 3.70. The number of alkyl halides is 1. The van der Waals surface area contributed by atoms with Crippen molar-refractivity contribution in [3.63, 3.8) is 0 Å². The van der Waals surface area contributed by atoms with Gasteiger partial charge in [0.2, 0.25) is 0 Å². The first-order valence-electron chi connectivity index (χ1n) is 6.72. The van der Waals surface area contributed by atoms with Crippen LogP contribution in [0.2, 0.25) is 0 Å². The molecule has 0 radical (unpaired) electrons. The number of hydrogen-bond donors (Lipinski definition) is 0. The zero-order valence-electron chi connectivity index (χ0n) is 12.1. The average molecular weight is 342 g/mol. The number of likely N-dealkylation sites (tertiary alicyclic amines) is 1. The van der Waals surface area contributed by atoms with Gasteiger partial charge in [0, 0.05) is 24.0 Å². The molecule has 5 heteroatoms. The Balaban J connectivity index is 2.20. The van der Waals surface area contributed by atoms with Crippen LogP contribution in [-0.4, -0.2) is 42.9 Å². The maximum absolute atomic E-state index is 12.6. The molecule has 4 nitrogen and oxygen atoms in total. The number of halogens is 1. The van der Waals surface area contributed by atoms with Gasteiger partial charge in [0.25, 0.3) is 5.91 Å². The third kappa shape index (κ3) is 3.08. The number of hydrogen-bond acceptors (Lipinski definition) is 3. The first-order valence-corrected chi connectivity index (χ1v) is 7.63. The topological polar surface area (TPSA) is 38.8 Å². The van der Waals surface area contributed by atoms with Crippen LogP contribution in [0, 0.1) is 5.92 Å². The van der Waals surface area contributed by atoms with E-state index in [-0.39, 0.29) is 5.91 Å². The third-order valence-electron chi connectivity index (χ3n) is 3.73. The largest absolute Gasteiger partial charge is 0.497 e. The highest BCUT2D eigenvalue weighted by Gasteiger charge is 2.28. The van der Waals surface area contributed by atoms with Crippen LogP contribution in [0.4, 0.5) is 0 Å². The fraction of sp³-hybridized carbons (Fsp3) is 0.533. The highest BCUT2D eigenvalue weighted by Crippen LogP contribution is 2.29. The first kappa shape index (κ1) is 15.2. The predicted octanol–water partition coefficient (Wildman–Crippen LogP) is 2.95. The van der Waals surface area contributed by atoms with Gasteiger partial charge in [-0.1, -0.05) is 22.9 Å². The molecule has 0 bridgehead atoms. The molecule has 0 spiro atoms. The van der Waals surface area contributed by atoms with Gasteiger partial charge in [-0.15, -0.1) is 0 Å². The molecule has 0 saturated carbocycles. The molecule has 1 saturated heterocycles. The standard InChI is InChI=1S/C15H20BrNO3/c1-10-9-17(7-6-13(10)16)15(18)12-5-4-11(19-2)8-14(12)20-3/h4-5,8,10,13H,6-7,9H2,1-3H3. The van der Waals surface area contributed by atoms with Crippen LogP contribution in [0.15, 0.2) is 18.2 Å². The van der Waals surface area contributed by atoms with Gasteiger partial charge < -0.3 is 14.4 Å². The van der Waals surface area contributed by atoms with Crippen molar-refractivity contribution in [2.24, 2.45) is 5.92 Å². The minimum atomic E-state index is 0.0238. The molecule has 2 atom stereocenters. The fourth-order valence-electron chi connectivity index (χ4n) is 2.45. The van der Waals surface area contributed by atoms with Gasteiger partial charge in [-0.05, 0) is 24.5 Å². The maximum atomic E-state index is 12.6. The van der Waals surface area contributed by atoms with Crippen molar-refractivity contribution >= 4 is 21.8 Å². The van der Waals surface area contributed by atoms with Crippen molar-refractivity contribution in [1.82, 2.24) is 4.90 Å². The van der Waals surface area contributed by atoms with E-state index in [2.05, 4.69) is 22.9 Å². The van der Waals surface area contributed by atoms with Gasteiger partial charge in [-0.25, -0.2) is 0 Å². The second-order valence-corrected chi connectivity index (χ2v) is 6.28. The Morgan fingerprint density at radius 2 is 2.10 bits per heavy atom. The molecule has 110 valence electrons. The lowest BCUT2D eigenvalue weighted by atomic mass is 9.99. The molecule has 1 aromatic carbocycles. The normalized spacial score (nSPS) is 22.5.